The van der Waals surface area contributed by atoms with Gasteiger partial charge in [0.1, 0.15) is 6.04 Å². The third kappa shape index (κ3) is 3.71. The van der Waals surface area contributed by atoms with E-state index in [1.54, 1.807) is 23.1 Å². The highest BCUT2D eigenvalue weighted by Gasteiger charge is 2.34. The third-order valence-electron chi connectivity index (χ3n) is 4.20. The number of benzene rings is 1. The van der Waals surface area contributed by atoms with Gasteiger partial charge in [-0.25, -0.2) is 4.79 Å². The predicted molar refractivity (Wildman–Crippen MR) is 93.5 cm³/mol. The lowest BCUT2D eigenvalue weighted by Gasteiger charge is -2.34. The summed E-state index contributed by atoms with van der Waals surface area (Å²) >= 11 is 1.44. The molecule has 1 unspecified atom stereocenters. The summed E-state index contributed by atoms with van der Waals surface area (Å²) in [5.74, 6) is -1.32. The predicted octanol–water partition coefficient (Wildman–Crippen LogP) is 2.08. The minimum Gasteiger partial charge on any atom is -0.478 e. The molecular weight excluding hydrogens is 340 g/mol. The van der Waals surface area contributed by atoms with Gasteiger partial charge in [-0.15, -0.1) is 11.3 Å². The Morgan fingerprint density at radius 2 is 2.04 bits per heavy atom. The van der Waals surface area contributed by atoms with E-state index in [0.717, 1.165) is 4.88 Å². The number of carbonyl (C=O) groups is 3. The summed E-state index contributed by atoms with van der Waals surface area (Å²) in [7, 11) is 0. The Kier molecular flexibility index (Phi) is 5.14. The highest BCUT2D eigenvalue weighted by molar-refractivity contribution is 7.10. The molecule has 1 aliphatic heterocycles. The van der Waals surface area contributed by atoms with Crippen LogP contribution in [0, 0.1) is 0 Å². The molecule has 2 N–H and O–H groups in total. The first kappa shape index (κ1) is 17.2. The van der Waals surface area contributed by atoms with E-state index in [2.05, 4.69) is 5.32 Å². The summed E-state index contributed by atoms with van der Waals surface area (Å²) in [4.78, 5) is 38.6. The number of aryl methyl sites for hydroxylation is 1. The smallest absolute Gasteiger partial charge is 0.335 e. The molecule has 25 heavy (non-hydrogen) atoms. The molecular formula is C18H18N2O4S. The molecule has 130 valence electrons. The summed E-state index contributed by atoms with van der Waals surface area (Å²) < 4.78 is 0. The molecule has 1 aliphatic rings. The molecule has 1 fully saturated rings. The van der Waals surface area contributed by atoms with Crippen molar-refractivity contribution in [3.8, 4) is 0 Å². The van der Waals surface area contributed by atoms with Crippen LogP contribution in [0.25, 0.3) is 0 Å². The molecule has 0 spiro atoms. The van der Waals surface area contributed by atoms with Crippen molar-refractivity contribution in [1.29, 1.82) is 0 Å². The number of nitrogens with zero attached hydrogens (tertiary/aromatic N) is 1. The molecule has 2 heterocycles. The summed E-state index contributed by atoms with van der Waals surface area (Å²) in [6.07, 6.45) is 0.496. The lowest BCUT2D eigenvalue weighted by Crippen LogP contribution is -2.52. The van der Waals surface area contributed by atoms with Crippen molar-refractivity contribution in [2.24, 2.45) is 0 Å². The molecule has 3 rings (SSSR count). The van der Waals surface area contributed by atoms with Crippen LogP contribution in [0.15, 0.2) is 41.8 Å². The lowest BCUT2D eigenvalue weighted by atomic mass is 10.0. The molecule has 0 radical (unpaired) electrons. The molecule has 2 aromatic rings. The van der Waals surface area contributed by atoms with Crippen molar-refractivity contribution >= 4 is 29.1 Å². The van der Waals surface area contributed by atoms with E-state index < -0.39 is 12.0 Å². The fraction of sp³-hybridized carbons (Fsp3) is 0.278. The second-order valence-electron chi connectivity index (χ2n) is 5.76. The fourth-order valence-corrected chi connectivity index (χ4v) is 3.83. The third-order valence-corrected chi connectivity index (χ3v) is 5.13. The number of rotatable bonds is 5. The molecule has 7 heteroatoms. The zero-order chi connectivity index (χ0) is 17.8. The van der Waals surface area contributed by atoms with E-state index in [1.165, 1.54) is 17.4 Å². The van der Waals surface area contributed by atoms with E-state index in [0.29, 0.717) is 25.1 Å². The van der Waals surface area contributed by atoms with Gasteiger partial charge in [0.2, 0.25) is 11.8 Å². The van der Waals surface area contributed by atoms with E-state index in [-0.39, 0.29) is 23.8 Å². The minimum atomic E-state index is -1.00. The van der Waals surface area contributed by atoms with Crippen molar-refractivity contribution in [2.75, 3.05) is 13.1 Å². The van der Waals surface area contributed by atoms with Crippen LogP contribution in [0.2, 0.25) is 0 Å². The number of carboxylic acids is 1. The second kappa shape index (κ2) is 7.48. The maximum absolute atomic E-state index is 12.7. The van der Waals surface area contributed by atoms with E-state index >= 15 is 0 Å². The molecule has 1 saturated heterocycles. The highest BCUT2D eigenvalue weighted by Crippen LogP contribution is 2.28. The first-order valence-corrected chi connectivity index (χ1v) is 8.87. The Labute approximate surface area is 149 Å². The van der Waals surface area contributed by atoms with E-state index in [1.807, 2.05) is 17.5 Å². The van der Waals surface area contributed by atoms with Gasteiger partial charge in [0, 0.05) is 24.4 Å². The van der Waals surface area contributed by atoms with Crippen molar-refractivity contribution in [2.45, 2.75) is 18.9 Å². The summed E-state index contributed by atoms with van der Waals surface area (Å²) in [5, 5.41) is 13.9. The Morgan fingerprint density at radius 1 is 1.24 bits per heavy atom. The van der Waals surface area contributed by atoms with Crippen LogP contribution in [-0.4, -0.2) is 40.9 Å². The quantitative estimate of drug-likeness (QED) is 0.857. The first-order chi connectivity index (χ1) is 12.1. The van der Waals surface area contributed by atoms with Crippen molar-refractivity contribution in [3.63, 3.8) is 0 Å². The van der Waals surface area contributed by atoms with Crippen molar-refractivity contribution in [1.82, 2.24) is 10.2 Å². The number of nitrogens with one attached hydrogen (secondary N) is 1. The average molecular weight is 358 g/mol. The Bertz CT molecular complexity index is 788. The maximum atomic E-state index is 12.7. The van der Waals surface area contributed by atoms with Gasteiger partial charge in [-0.1, -0.05) is 24.3 Å². The number of thiophene rings is 1. The van der Waals surface area contributed by atoms with Crippen LogP contribution >= 0.6 is 11.3 Å². The molecule has 1 atom stereocenters. The van der Waals surface area contributed by atoms with Gasteiger partial charge < -0.3 is 15.3 Å². The second-order valence-corrected chi connectivity index (χ2v) is 6.74. The number of hydrogen-bond acceptors (Lipinski definition) is 4. The summed E-state index contributed by atoms with van der Waals surface area (Å²) in [6.45, 7) is 0.881. The van der Waals surface area contributed by atoms with Crippen molar-refractivity contribution < 1.29 is 19.5 Å². The number of hydrogen-bond donors (Lipinski definition) is 2. The van der Waals surface area contributed by atoms with Crippen LogP contribution in [0.5, 0.6) is 0 Å². The number of carboxylic acid groups (broad SMARTS) is 1. The molecule has 2 amide bonds. The van der Waals surface area contributed by atoms with Gasteiger partial charge in [0.15, 0.2) is 0 Å². The monoisotopic (exact) mass is 358 g/mol. The number of carbonyl (C=O) groups excluding carboxylic acids is 2. The topological polar surface area (TPSA) is 86.7 Å². The van der Waals surface area contributed by atoms with Crippen LogP contribution in [0.3, 0.4) is 0 Å². The average Bonchev–Trinajstić information content (AvgIpc) is 3.13. The van der Waals surface area contributed by atoms with Gasteiger partial charge in [-0.05, 0) is 29.5 Å². The summed E-state index contributed by atoms with van der Waals surface area (Å²) in [5.41, 5.74) is 0.832. The van der Waals surface area contributed by atoms with Gasteiger partial charge in [0.25, 0.3) is 0 Å². The molecule has 0 saturated carbocycles. The van der Waals surface area contributed by atoms with Crippen LogP contribution in [0.1, 0.15) is 33.3 Å². The Balaban J connectivity index is 1.74. The zero-order valence-electron chi connectivity index (χ0n) is 13.5. The van der Waals surface area contributed by atoms with Gasteiger partial charge >= 0.3 is 5.97 Å². The van der Waals surface area contributed by atoms with Crippen molar-refractivity contribution in [3.05, 3.63) is 57.8 Å². The van der Waals surface area contributed by atoms with Gasteiger partial charge in [-0.3, -0.25) is 9.59 Å². The lowest BCUT2D eigenvalue weighted by molar-refractivity contribution is -0.143. The molecule has 1 aromatic carbocycles. The van der Waals surface area contributed by atoms with Gasteiger partial charge in [0.05, 0.1) is 5.56 Å². The zero-order valence-corrected chi connectivity index (χ0v) is 14.3. The standard InChI is InChI=1S/C18H18N2O4S/c21-15(8-7-12-4-1-2-5-13(12)18(23)24)20-10-9-19-17(22)16(20)14-6-3-11-25-14/h1-6,11,16H,7-10H2,(H,19,22)(H,23,24). The fourth-order valence-electron chi connectivity index (χ4n) is 3.00. The number of piperazine rings is 1. The maximum Gasteiger partial charge on any atom is 0.335 e. The van der Waals surface area contributed by atoms with E-state index in [4.69, 9.17) is 0 Å². The molecule has 1 aromatic heterocycles. The SMILES string of the molecule is O=C(O)c1ccccc1CCC(=O)N1CCNC(=O)C1c1cccs1. The van der Waals surface area contributed by atoms with Crippen LogP contribution < -0.4 is 5.32 Å². The Hall–Kier alpha value is -2.67. The van der Waals surface area contributed by atoms with Gasteiger partial charge in [-0.2, -0.15) is 0 Å². The van der Waals surface area contributed by atoms with E-state index in [9.17, 15) is 19.5 Å². The number of aromatic carboxylic acids is 1. The molecule has 6 nitrogen and oxygen atoms in total. The largest absolute Gasteiger partial charge is 0.478 e. The summed E-state index contributed by atoms with van der Waals surface area (Å²) in [6, 6.07) is 9.77. The number of amides is 2. The first-order valence-electron chi connectivity index (χ1n) is 7.99. The molecule has 0 bridgehead atoms. The Morgan fingerprint density at radius 3 is 2.76 bits per heavy atom. The van der Waals surface area contributed by atoms with Crippen LogP contribution in [0.4, 0.5) is 0 Å². The van der Waals surface area contributed by atoms with Crippen LogP contribution in [-0.2, 0) is 16.0 Å². The molecule has 0 aliphatic carbocycles. The minimum absolute atomic E-state index is 0.145. The normalized spacial score (nSPS) is 17.2. The highest BCUT2D eigenvalue weighted by atomic mass is 32.1.